The normalized spacial score (nSPS) is 14.7. The zero-order chi connectivity index (χ0) is 17.5. The van der Waals surface area contributed by atoms with E-state index in [1.165, 1.54) is 7.11 Å². The maximum atomic E-state index is 12.9. The monoisotopic (exact) mass is 333 g/mol. The standard InChI is InChI=1S/C19H27NO4/c1-14(2)24-17-10-8-15(9-11-17)19(22)20(13-12-18(21)23-3)16-6-4-5-7-16/h8-11,14,16H,4-7,12-13H2,1-3H3. The van der Waals surface area contributed by atoms with E-state index in [2.05, 4.69) is 0 Å². The highest BCUT2D eigenvalue weighted by atomic mass is 16.5. The molecule has 0 spiro atoms. The number of carbonyl (C=O) groups excluding carboxylic acids is 2. The summed E-state index contributed by atoms with van der Waals surface area (Å²) in [5.74, 6) is 0.442. The van der Waals surface area contributed by atoms with Crippen LogP contribution in [0.4, 0.5) is 0 Å². The van der Waals surface area contributed by atoms with Crippen LogP contribution in [0.5, 0.6) is 5.75 Å². The lowest BCUT2D eigenvalue weighted by atomic mass is 10.1. The van der Waals surface area contributed by atoms with Gasteiger partial charge in [0, 0.05) is 18.2 Å². The van der Waals surface area contributed by atoms with Gasteiger partial charge in [0.25, 0.3) is 5.91 Å². The third kappa shape index (κ3) is 4.98. The summed E-state index contributed by atoms with van der Waals surface area (Å²) in [4.78, 5) is 26.2. The van der Waals surface area contributed by atoms with E-state index >= 15 is 0 Å². The van der Waals surface area contributed by atoms with Crippen LogP contribution in [0.25, 0.3) is 0 Å². The van der Waals surface area contributed by atoms with Crippen molar-refractivity contribution in [3.05, 3.63) is 29.8 Å². The largest absolute Gasteiger partial charge is 0.491 e. The van der Waals surface area contributed by atoms with Crippen LogP contribution in [0.3, 0.4) is 0 Å². The van der Waals surface area contributed by atoms with Crippen LogP contribution in [-0.4, -0.2) is 42.6 Å². The Hall–Kier alpha value is -2.04. The van der Waals surface area contributed by atoms with Gasteiger partial charge >= 0.3 is 5.97 Å². The highest BCUT2D eigenvalue weighted by Gasteiger charge is 2.27. The second-order valence-electron chi connectivity index (χ2n) is 6.45. The van der Waals surface area contributed by atoms with E-state index in [-0.39, 0.29) is 30.4 Å². The van der Waals surface area contributed by atoms with Crippen molar-refractivity contribution in [3.63, 3.8) is 0 Å². The second kappa shape index (κ2) is 8.71. The predicted octanol–water partition coefficient (Wildman–Crippen LogP) is 3.42. The van der Waals surface area contributed by atoms with E-state index < -0.39 is 0 Å². The van der Waals surface area contributed by atoms with Crippen LogP contribution in [0.1, 0.15) is 56.3 Å². The maximum absolute atomic E-state index is 12.9. The molecule has 1 fully saturated rings. The Kier molecular flexibility index (Phi) is 6.64. The minimum Gasteiger partial charge on any atom is -0.491 e. The summed E-state index contributed by atoms with van der Waals surface area (Å²) in [5.41, 5.74) is 0.628. The van der Waals surface area contributed by atoms with Crippen molar-refractivity contribution in [2.45, 2.75) is 58.1 Å². The summed E-state index contributed by atoms with van der Waals surface area (Å²) in [6.07, 6.45) is 4.60. The first-order valence-electron chi connectivity index (χ1n) is 8.65. The SMILES string of the molecule is COC(=O)CCN(C(=O)c1ccc(OC(C)C)cc1)C1CCCC1. The van der Waals surface area contributed by atoms with Gasteiger partial charge in [-0.05, 0) is 51.0 Å². The maximum Gasteiger partial charge on any atom is 0.307 e. The van der Waals surface area contributed by atoms with Gasteiger partial charge in [-0.15, -0.1) is 0 Å². The van der Waals surface area contributed by atoms with Crippen molar-refractivity contribution in [2.75, 3.05) is 13.7 Å². The molecular formula is C19H27NO4. The van der Waals surface area contributed by atoms with Gasteiger partial charge in [0.15, 0.2) is 0 Å². The molecule has 132 valence electrons. The molecule has 1 aliphatic rings. The Morgan fingerprint density at radius 3 is 2.33 bits per heavy atom. The van der Waals surface area contributed by atoms with Crippen molar-refractivity contribution >= 4 is 11.9 Å². The molecule has 0 saturated heterocycles. The number of hydrogen-bond donors (Lipinski definition) is 0. The summed E-state index contributed by atoms with van der Waals surface area (Å²) in [6, 6.07) is 7.44. The predicted molar refractivity (Wildman–Crippen MR) is 92.1 cm³/mol. The van der Waals surface area contributed by atoms with Crippen LogP contribution >= 0.6 is 0 Å². The lowest BCUT2D eigenvalue weighted by Crippen LogP contribution is -2.40. The molecule has 2 rings (SSSR count). The fourth-order valence-electron chi connectivity index (χ4n) is 3.09. The third-order valence-corrected chi connectivity index (χ3v) is 4.28. The van der Waals surface area contributed by atoms with Gasteiger partial charge in [-0.3, -0.25) is 9.59 Å². The van der Waals surface area contributed by atoms with Crippen molar-refractivity contribution in [2.24, 2.45) is 0 Å². The highest BCUT2D eigenvalue weighted by Crippen LogP contribution is 2.26. The van der Waals surface area contributed by atoms with E-state index in [1.807, 2.05) is 30.9 Å². The first-order chi connectivity index (χ1) is 11.5. The second-order valence-corrected chi connectivity index (χ2v) is 6.45. The first kappa shape index (κ1) is 18.3. The van der Waals surface area contributed by atoms with Crippen LogP contribution in [-0.2, 0) is 9.53 Å². The van der Waals surface area contributed by atoms with Gasteiger partial charge in [0.1, 0.15) is 5.75 Å². The van der Waals surface area contributed by atoms with Gasteiger partial charge < -0.3 is 14.4 Å². The number of carbonyl (C=O) groups is 2. The van der Waals surface area contributed by atoms with Crippen LogP contribution in [0, 0.1) is 0 Å². The zero-order valence-corrected chi connectivity index (χ0v) is 14.8. The molecule has 0 bridgehead atoms. The fourth-order valence-corrected chi connectivity index (χ4v) is 3.09. The molecule has 0 aromatic heterocycles. The molecule has 5 heteroatoms. The Morgan fingerprint density at radius 2 is 1.79 bits per heavy atom. The summed E-state index contributed by atoms with van der Waals surface area (Å²) in [5, 5.41) is 0. The van der Waals surface area contributed by atoms with Gasteiger partial charge in [0.05, 0.1) is 19.6 Å². The molecular weight excluding hydrogens is 306 g/mol. The van der Waals surface area contributed by atoms with Crippen molar-refractivity contribution < 1.29 is 19.1 Å². The van der Waals surface area contributed by atoms with Crippen molar-refractivity contribution in [1.29, 1.82) is 0 Å². The molecule has 1 saturated carbocycles. The van der Waals surface area contributed by atoms with Crippen LogP contribution in [0.15, 0.2) is 24.3 Å². The van der Waals surface area contributed by atoms with Gasteiger partial charge in [-0.25, -0.2) is 0 Å². The molecule has 0 N–H and O–H groups in total. The minimum absolute atomic E-state index is 0.0260. The highest BCUT2D eigenvalue weighted by molar-refractivity contribution is 5.94. The fraction of sp³-hybridized carbons (Fsp3) is 0.579. The number of hydrogen-bond acceptors (Lipinski definition) is 4. The number of benzene rings is 1. The molecule has 0 radical (unpaired) electrons. The third-order valence-electron chi connectivity index (χ3n) is 4.28. The van der Waals surface area contributed by atoms with Gasteiger partial charge in [0.2, 0.25) is 0 Å². The number of amides is 1. The summed E-state index contributed by atoms with van der Waals surface area (Å²) < 4.78 is 10.3. The van der Waals surface area contributed by atoms with E-state index in [0.717, 1.165) is 31.4 Å². The molecule has 0 heterocycles. The Labute approximate surface area is 143 Å². The molecule has 1 aliphatic carbocycles. The van der Waals surface area contributed by atoms with E-state index in [1.54, 1.807) is 12.1 Å². The molecule has 0 unspecified atom stereocenters. The molecule has 1 amide bonds. The summed E-state index contributed by atoms with van der Waals surface area (Å²) in [7, 11) is 1.37. The molecule has 1 aromatic carbocycles. The van der Waals surface area contributed by atoms with E-state index in [9.17, 15) is 9.59 Å². The summed E-state index contributed by atoms with van der Waals surface area (Å²) in [6.45, 7) is 4.34. The number of methoxy groups -OCH3 is 1. The van der Waals surface area contributed by atoms with Crippen LogP contribution < -0.4 is 4.74 Å². The van der Waals surface area contributed by atoms with Crippen LogP contribution in [0.2, 0.25) is 0 Å². The van der Waals surface area contributed by atoms with E-state index in [0.29, 0.717) is 12.1 Å². The lowest BCUT2D eigenvalue weighted by Gasteiger charge is -2.29. The smallest absolute Gasteiger partial charge is 0.307 e. The Bertz CT molecular complexity index is 547. The Morgan fingerprint density at radius 1 is 1.17 bits per heavy atom. The molecule has 0 aliphatic heterocycles. The molecule has 24 heavy (non-hydrogen) atoms. The minimum atomic E-state index is -0.286. The van der Waals surface area contributed by atoms with Crippen molar-refractivity contribution in [3.8, 4) is 5.75 Å². The average molecular weight is 333 g/mol. The summed E-state index contributed by atoms with van der Waals surface area (Å²) >= 11 is 0. The number of nitrogens with zero attached hydrogens (tertiary/aromatic N) is 1. The average Bonchev–Trinajstić information content (AvgIpc) is 3.09. The topological polar surface area (TPSA) is 55.8 Å². The zero-order valence-electron chi connectivity index (χ0n) is 14.8. The molecule has 1 aromatic rings. The number of ether oxygens (including phenoxy) is 2. The molecule has 0 atom stereocenters. The Balaban J connectivity index is 2.09. The van der Waals surface area contributed by atoms with Gasteiger partial charge in [-0.2, -0.15) is 0 Å². The number of rotatable bonds is 7. The van der Waals surface area contributed by atoms with E-state index in [4.69, 9.17) is 9.47 Å². The van der Waals surface area contributed by atoms with Crippen molar-refractivity contribution in [1.82, 2.24) is 4.90 Å². The number of esters is 1. The first-order valence-corrected chi connectivity index (χ1v) is 8.65. The molecule has 5 nitrogen and oxygen atoms in total. The quantitative estimate of drug-likeness (QED) is 0.718. The van der Waals surface area contributed by atoms with Gasteiger partial charge in [-0.1, -0.05) is 12.8 Å². The lowest BCUT2D eigenvalue weighted by molar-refractivity contribution is -0.140.